The average Bonchev–Trinajstić information content (AvgIpc) is 2.90. The second-order valence-corrected chi connectivity index (χ2v) is 10.0. The van der Waals surface area contributed by atoms with Crippen LogP contribution in [-0.4, -0.2) is 31.6 Å². The Morgan fingerprint density at radius 1 is 0.946 bits per heavy atom. The quantitative estimate of drug-likeness (QED) is 0.338. The molecule has 3 N–H and O–H groups in total. The molecule has 0 spiro atoms. The lowest BCUT2D eigenvalue weighted by Gasteiger charge is -2.35. The highest BCUT2D eigenvalue weighted by atomic mass is 19.1. The van der Waals surface area contributed by atoms with Gasteiger partial charge in [-0.15, -0.1) is 0 Å². The minimum absolute atomic E-state index is 0.0879. The highest BCUT2D eigenvalue weighted by Crippen LogP contribution is 2.30. The maximum absolute atomic E-state index is 13.9. The van der Waals surface area contributed by atoms with Gasteiger partial charge in [0.15, 0.2) is 0 Å². The summed E-state index contributed by atoms with van der Waals surface area (Å²) < 4.78 is 13.9. The number of carbonyl (C=O) groups is 2. The standard InChI is InChI=1S/C30H35FN4O2/c1-21(2)20-32-29(36)25-19-24(33-30(37)34-27-11-7-6-10-26(27)31)12-13-28(25)35-16-14-23(15-17-35)18-22-8-4-3-5-9-22/h3-13,19,21,23H,14-18,20H2,1-2H3,(H,32,36)(H2,33,34,37). The predicted molar refractivity (Wildman–Crippen MR) is 148 cm³/mol. The molecule has 0 aliphatic carbocycles. The first kappa shape index (κ1) is 26.2. The van der Waals surface area contributed by atoms with E-state index < -0.39 is 11.8 Å². The van der Waals surface area contributed by atoms with Crippen molar-refractivity contribution in [1.82, 2.24) is 5.32 Å². The lowest BCUT2D eigenvalue weighted by atomic mass is 9.89. The second-order valence-electron chi connectivity index (χ2n) is 10.0. The van der Waals surface area contributed by atoms with Gasteiger partial charge in [-0.25, -0.2) is 9.18 Å². The van der Waals surface area contributed by atoms with Crippen molar-refractivity contribution < 1.29 is 14.0 Å². The molecular weight excluding hydrogens is 467 g/mol. The molecule has 6 nitrogen and oxygen atoms in total. The summed E-state index contributed by atoms with van der Waals surface area (Å²) in [5, 5.41) is 8.24. The molecule has 3 aromatic rings. The van der Waals surface area contributed by atoms with E-state index in [0.29, 0.717) is 29.6 Å². The van der Waals surface area contributed by atoms with Crippen LogP contribution in [0.2, 0.25) is 0 Å². The zero-order valence-electron chi connectivity index (χ0n) is 21.5. The highest BCUT2D eigenvalue weighted by Gasteiger charge is 2.24. The molecule has 0 unspecified atom stereocenters. The van der Waals surface area contributed by atoms with Gasteiger partial charge in [0.05, 0.1) is 11.3 Å². The Morgan fingerprint density at radius 3 is 2.35 bits per heavy atom. The maximum atomic E-state index is 13.9. The van der Waals surface area contributed by atoms with Gasteiger partial charge < -0.3 is 20.9 Å². The summed E-state index contributed by atoms with van der Waals surface area (Å²) in [6.45, 7) is 6.38. The molecule has 3 aromatic carbocycles. The summed E-state index contributed by atoms with van der Waals surface area (Å²) in [7, 11) is 0. The van der Waals surface area contributed by atoms with Crippen molar-refractivity contribution in [2.45, 2.75) is 33.1 Å². The summed E-state index contributed by atoms with van der Waals surface area (Å²) in [6.07, 6.45) is 3.16. The predicted octanol–water partition coefficient (Wildman–Crippen LogP) is 6.31. The number of para-hydroxylation sites is 1. The minimum atomic E-state index is -0.576. The van der Waals surface area contributed by atoms with Gasteiger partial charge in [-0.3, -0.25) is 4.79 Å². The van der Waals surface area contributed by atoms with Gasteiger partial charge in [0.1, 0.15) is 5.82 Å². The van der Waals surface area contributed by atoms with Gasteiger partial charge in [0.2, 0.25) is 0 Å². The van der Waals surface area contributed by atoms with Gasteiger partial charge in [-0.05, 0) is 67.0 Å². The number of piperidine rings is 1. The molecule has 0 aromatic heterocycles. The zero-order chi connectivity index (χ0) is 26.2. The smallest absolute Gasteiger partial charge is 0.323 e. The Bertz CT molecular complexity index is 1210. The van der Waals surface area contributed by atoms with Crippen molar-refractivity contribution in [3.63, 3.8) is 0 Å². The lowest BCUT2D eigenvalue weighted by Crippen LogP contribution is -2.36. The van der Waals surface area contributed by atoms with Crippen molar-refractivity contribution in [2.75, 3.05) is 35.2 Å². The molecule has 1 aliphatic rings. The van der Waals surface area contributed by atoms with E-state index in [1.807, 2.05) is 26.0 Å². The molecular formula is C30H35FN4O2. The minimum Gasteiger partial charge on any atom is -0.371 e. The number of amides is 3. The van der Waals surface area contributed by atoms with Crippen molar-refractivity contribution in [1.29, 1.82) is 0 Å². The van der Waals surface area contributed by atoms with E-state index in [1.54, 1.807) is 24.3 Å². The van der Waals surface area contributed by atoms with Crippen molar-refractivity contribution >= 4 is 29.0 Å². The third-order valence-corrected chi connectivity index (χ3v) is 6.61. The molecule has 194 valence electrons. The van der Waals surface area contributed by atoms with E-state index in [4.69, 9.17) is 0 Å². The molecule has 37 heavy (non-hydrogen) atoms. The van der Waals surface area contributed by atoms with E-state index in [2.05, 4.69) is 45.1 Å². The van der Waals surface area contributed by atoms with Crippen LogP contribution in [0.25, 0.3) is 0 Å². The average molecular weight is 503 g/mol. The van der Waals surface area contributed by atoms with Crippen LogP contribution >= 0.6 is 0 Å². The number of hydrogen-bond donors (Lipinski definition) is 3. The number of urea groups is 1. The molecule has 0 saturated carbocycles. The Kier molecular flexibility index (Phi) is 8.77. The molecule has 1 saturated heterocycles. The number of halogens is 1. The van der Waals surface area contributed by atoms with E-state index in [9.17, 15) is 14.0 Å². The maximum Gasteiger partial charge on any atom is 0.323 e. The molecule has 1 aliphatic heterocycles. The molecule has 7 heteroatoms. The number of carbonyl (C=O) groups excluding carboxylic acids is 2. The largest absolute Gasteiger partial charge is 0.371 e. The summed E-state index contributed by atoms with van der Waals surface area (Å²) in [6, 6.07) is 21.3. The Balaban J connectivity index is 1.47. The van der Waals surface area contributed by atoms with Gasteiger partial charge in [-0.1, -0.05) is 56.3 Å². The number of benzene rings is 3. The topological polar surface area (TPSA) is 73.5 Å². The van der Waals surface area contributed by atoms with Crippen LogP contribution in [0.5, 0.6) is 0 Å². The second kappa shape index (κ2) is 12.4. The van der Waals surface area contributed by atoms with Gasteiger partial charge in [-0.2, -0.15) is 0 Å². The monoisotopic (exact) mass is 502 g/mol. The van der Waals surface area contributed by atoms with Crippen LogP contribution in [0.3, 0.4) is 0 Å². The number of anilines is 3. The Hall–Kier alpha value is -3.87. The number of hydrogen-bond acceptors (Lipinski definition) is 3. The van der Waals surface area contributed by atoms with Crippen LogP contribution in [0.1, 0.15) is 42.6 Å². The summed E-state index contributed by atoms with van der Waals surface area (Å²) in [5.41, 5.74) is 3.29. The summed E-state index contributed by atoms with van der Waals surface area (Å²) >= 11 is 0. The Labute approximate surface area is 218 Å². The van der Waals surface area contributed by atoms with E-state index in [-0.39, 0.29) is 11.6 Å². The first-order valence-electron chi connectivity index (χ1n) is 12.9. The van der Waals surface area contributed by atoms with Crippen LogP contribution in [0.15, 0.2) is 72.8 Å². The molecule has 1 fully saturated rings. The summed E-state index contributed by atoms with van der Waals surface area (Å²) in [5.74, 6) is 0.236. The fourth-order valence-electron chi connectivity index (χ4n) is 4.64. The van der Waals surface area contributed by atoms with Crippen molar-refractivity contribution in [2.24, 2.45) is 11.8 Å². The molecule has 0 atom stereocenters. The fourth-order valence-corrected chi connectivity index (χ4v) is 4.64. The molecule has 1 heterocycles. The van der Waals surface area contributed by atoms with E-state index in [0.717, 1.165) is 38.0 Å². The molecule has 4 rings (SSSR count). The van der Waals surface area contributed by atoms with Crippen LogP contribution in [0.4, 0.5) is 26.2 Å². The molecule has 0 radical (unpaired) electrons. The van der Waals surface area contributed by atoms with E-state index >= 15 is 0 Å². The van der Waals surface area contributed by atoms with Crippen molar-refractivity contribution in [3.8, 4) is 0 Å². The highest BCUT2D eigenvalue weighted by molar-refractivity contribution is 6.04. The first-order chi connectivity index (χ1) is 17.9. The SMILES string of the molecule is CC(C)CNC(=O)c1cc(NC(=O)Nc2ccccc2F)ccc1N1CCC(Cc2ccccc2)CC1. The van der Waals surface area contributed by atoms with Gasteiger partial charge in [0.25, 0.3) is 5.91 Å². The Morgan fingerprint density at radius 2 is 1.65 bits per heavy atom. The third kappa shape index (κ3) is 7.32. The lowest BCUT2D eigenvalue weighted by molar-refractivity contribution is 0.0949. The normalized spacial score (nSPS) is 13.9. The van der Waals surface area contributed by atoms with Gasteiger partial charge in [0, 0.05) is 31.0 Å². The number of nitrogens with zero attached hydrogens (tertiary/aromatic N) is 1. The van der Waals surface area contributed by atoms with Crippen molar-refractivity contribution in [3.05, 3.63) is 89.7 Å². The fraction of sp³-hybridized carbons (Fsp3) is 0.333. The number of rotatable bonds is 8. The van der Waals surface area contributed by atoms with Gasteiger partial charge >= 0.3 is 6.03 Å². The summed E-state index contributed by atoms with van der Waals surface area (Å²) in [4.78, 5) is 27.9. The third-order valence-electron chi connectivity index (χ3n) is 6.61. The van der Waals surface area contributed by atoms with Crippen LogP contribution in [0, 0.1) is 17.7 Å². The first-order valence-corrected chi connectivity index (χ1v) is 12.9. The van der Waals surface area contributed by atoms with E-state index in [1.165, 1.54) is 17.7 Å². The molecule has 0 bridgehead atoms. The van der Waals surface area contributed by atoms with Crippen LogP contribution in [-0.2, 0) is 6.42 Å². The number of nitrogens with one attached hydrogen (secondary N) is 3. The molecule has 3 amide bonds. The zero-order valence-corrected chi connectivity index (χ0v) is 21.5. The van der Waals surface area contributed by atoms with Crippen LogP contribution < -0.4 is 20.9 Å².